The van der Waals surface area contributed by atoms with E-state index >= 15 is 0 Å². The second kappa shape index (κ2) is 7.18. The maximum Gasteiger partial charge on any atom is 0.243 e. The van der Waals surface area contributed by atoms with Gasteiger partial charge in [-0.15, -0.1) is 0 Å². The summed E-state index contributed by atoms with van der Waals surface area (Å²) in [6.07, 6.45) is 1.28. The first kappa shape index (κ1) is 20.3. The summed E-state index contributed by atoms with van der Waals surface area (Å²) in [6.45, 7) is 4.22. The van der Waals surface area contributed by atoms with Gasteiger partial charge in [-0.2, -0.15) is 4.31 Å². The van der Waals surface area contributed by atoms with Gasteiger partial charge in [-0.25, -0.2) is 16.8 Å². The molecule has 2 aliphatic heterocycles. The molecule has 0 saturated carbocycles. The monoisotopic (exact) mass is 414 g/mol. The molecule has 0 radical (unpaired) electrons. The van der Waals surface area contributed by atoms with Crippen LogP contribution < -0.4 is 5.32 Å². The van der Waals surface area contributed by atoms with Crippen molar-refractivity contribution in [2.75, 3.05) is 24.6 Å². The van der Waals surface area contributed by atoms with Gasteiger partial charge in [0.05, 0.1) is 21.9 Å². The number of sulfonamides is 1. The van der Waals surface area contributed by atoms with Crippen LogP contribution in [0.2, 0.25) is 0 Å². The quantitative estimate of drug-likeness (QED) is 0.795. The summed E-state index contributed by atoms with van der Waals surface area (Å²) in [4.78, 5) is 12.8. The van der Waals surface area contributed by atoms with Gasteiger partial charge in [0.2, 0.25) is 15.9 Å². The highest BCUT2D eigenvalue weighted by Crippen LogP contribution is 2.27. The van der Waals surface area contributed by atoms with Crippen molar-refractivity contribution in [1.82, 2.24) is 9.62 Å². The minimum Gasteiger partial charge on any atom is -0.350 e. The zero-order valence-corrected chi connectivity index (χ0v) is 17.3. The first-order chi connectivity index (χ1) is 12.5. The third-order valence-corrected chi connectivity index (χ3v) is 9.23. The van der Waals surface area contributed by atoms with E-state index in [2.05, 4.69) is 5.32 Å². The number of piperidine rings is 1. The Balaban J connectivity index is 1.60. The third kappa shape index (κ3) is 4.52. The Morgan fingerprint density at radius 1 is 1.19 bits per heavy atom. The summed E-state index contributed by atoms with van der Waals surface area (Å²) in [5.74, 6) is -0.416. The van der Waals surface area contributed by atoms with Gasteiger partial charge in [0, 0.05) is 19.0 Å². The SMILES string of the molecule is Cc1ccc(S(=O)(=O)N2CCC(C(=O)NC3(C)CCS(=O)(=O)C3)CC2)cc1. The molecular weight excluding hydrogens is 388 g/mol. The van der Waals surface area contributed by atoms with Crippen LogP contribution in [-0.2, 0) is 24.7 Å². The lowest BCUT2D eigenvalue weighted by atomic mass is 9.94. The Hall–Kier alpha value is -1.45. The highest BCUT2D eigenvalue weighted by Gasteiger charge is 2.41. The highest BCUT2D eigenvalue weighted by molar-refractivity contribution is 7.91. The first-order valence-electron chi connectivity index (χ1n) is 9.10. The molecule has 2 saturated heterocycles. The van der Waals surface area contributed by atoms with E-state index in [1.54, 1.807) is 31.2 Å². The lowest BCUT2D eigenvalue weighted by Crippen LogP contribution is -2.51. The smallest absolute Gasteiger partial charge is 0.243 e. The molecule has 0 aliphatic carbocycles. The Morgan fingerprint density at radius 3 is 2.30 bits per heavy atom. The fraction of sp³-hybridized carbons (Fsp3) is 0.611. The van der Waals surface area contributed by atoms with Crippen LogP contribution in [0.1, 0.15) is 31.7 Å². The van der Waals surface area contributed by atoms with Crippen molar-refractivity contribution >= 4 is 25.8 Å². The fourth-order valence-corrected chi connectivity index (χ4v) is 7.29. The minimum atomic E-state index is -3.56. The summed E-state index contributed by atoms with van der Waals surface area (Å²) < 4.78 is 50.3. The number of carbonyl (C=O) groups excluding carboxylic acids is 1. The Morgan fingerprint density at radius 2 is 1.78 bits per heavy atom. The van der Waals surface area contributed by atoms with Gasteiger partial charge < -0.3 is 5.32 Å². The number of carbonyl (C=O) groups is 1. The van der Waals surface area contributed by atoms with Crippen LogP contribution in [0.3, 0.4) is 0 Å². The molecule has 0 spiro atoms. The largest absolute Gasteiger partial charge is 0.350 e. The summed E-state index contributed by atoms with van der Waals surface area (Å²) in [7, 11) is -6.65. The number of rotatable bonds is 4. The zero-order chi connectivity index (χ0) is 19.9. The average Bonchev–Trinajstić information content (AvgIpc) is 2.88. The van der Waals surface area contributed by atoms with Gasteiger partial charge in [-0.3, -0.25) is 4.79 Å². The molecule has 1 aromatic rings. The van der Waals surface area contributed by atoms with E-state index in [-0.39, 0.29) is 41.3 Å². The molecule has 150 valence electrons. The topological polar surface area (TPSA) is 101 Å². The van der Waals surface area contributed by atoms with E-state index in [4.69, 9.17) is 0 Å². The highest BCUT2D eigenvalue weighted by atomic mass is 32.2. The Kier molecular flexibility index (Phi) is 5.39. The molecule has 7 nitrogen and oxygen atoms in total. The van der Waals surface area contributed by atoms with Gasteiger partial charge in [-0.1, -0.05) is 17.7 Å². The minimum absolute atomic E-state index is 0.0353. The molecule has 2 aliphatic rings. The molecule has 1 atom stereocenters. The lowest BCUT2D eigenvalue weighted by Gasteiger charge is -2.33. The number of aryl methyl sites for hydroxylation is 1. The van der Waals surface area contributed by atoms with Crippen molar-refractivity contribution in [2.24, 2.45) is 5.92 Å². The van der Waals surface area contributed by atoms with Crippen LogP contribution >= 0.6 is 0 Å². The van der Waals surface area contributed by atoms with Crippen molar-refractivity contribution in [3.63, 3.8) is 0 Å². The Labute approximate surface area is 161 Å². The molecule has 0 aromatic heterocycles. The van der Waals surface area contributed by atoms with Crippen LogP contribution in [0, 0.1) is 12.8 Å². The van der Waals surface area contributed by atoms with Gasteiger partial charge >= 0.3 is 0 Å². The van der Waals surface area contributed by atoms with E-state index < -0.39 is 25.4 Å². The molecule has 1 N–H and O–H groups in total. The molecule has 1 amide bonds. The van der Waals surface area contributed by atoms with Crippen molar-refractivity contribution in [1.29, 1.82) is 0 Å². The summed E-state index contributed by atoms with van der Waals surface area (Å²) in [5.41, 5.74) is 0.271. The van der Waals surface area contributed by atoms with Crippen LogP contribution in [0.5, 0.6) is 0 Å². The number of nitrogens with one attached hydrogen (secondary N) is 1. The summed E-state index contributed by atoms with van der Waals surface area (Å²) >= 11 is 0. The molecule has 1 aromatic carbocycles. The maximum absolute atomic E-state index is 12.7. The van der Waals surface area contributed by atoms with Crippen LogP contribution in [-0.4, -0.2) is 57.2 Å². The molecule has 2 fully saturated rings. The molecule has 1 unspecified atom stereocenters. The van der Waals surface area contributed by atoms with Crippen LogP contribution in [0.15, 0.2) is 29.2 Å². The van der Waals surface area contributed by atoms with Crippen molar-refractivity contribution in [2.45, 2.75) is 43.5 Å². The van der Waals surface area contributed by atoms with Crippen LogP contribution in [0.4, 0.5) is 0 Å². The lowest BCUT2D eigenvalue weighted by molar-refractivity contribution is -0.127. The fourth-order valence-electron chi connectivity index (χ4n) is 3.73. The standard InChI is InChI=1S/C18H26N2O5S2/c1-14-3-5-16(6-4-14)27(24,25)20-10-7-15(8-11-20)17(21)19-18(2)9-12-26(22,23)13-18/h3-6,15H,7-13H2,1-2H3,(H,19,21). The van der Waals surface area contributed by atoms with E-state index in [0.29, 0.717) is 19.3 Å². The molecule has 27 heavy (non-hydrogen) atoms. The Bertz CT molecular complexity index is 917. The van der Waals surface area contributed by atoms with Crippen molar-refractivity contribution in [3.05, 3.63) is 29.8 Å². The van der Waals surface area contributed by atoms with E-state index in [1.807, 2.05) is 6.92 Å². The average molecular weight is 415 g/mol. The molecule has 0 bridgehead atoms. The second-order valence-corrected chi connectivity index (χ2v) is 12.0. The number of hydrogen-bond acceptors (Lipinski definition) is 5. The number of benzene rings is 1. The van der Waals surface area contributed by atoms with Crippen LogP contribution in [0.25, 0.3) is 0 Å². The summed E-state index contributed by atoms with van der Waals surface area (Å²) in [5, 5.41) is 2.89. The van der Waals surface area contributed by atoms with Crippen molar-refractivity contribution in [3.8, 4) is 0 Å². The predicted octanol–water partition coefficient (Wildman–Crippen LogP) is 1.09. The number of sulfone groups is 1. The van der Waals surface area contributed by atoms with E-state index in [9.17, 15) is 21.6 Å². The van der Waals surface area contributed by atoms with Gasteiger partial charge in [0.1, 0.15) is 0 Å². The zero-order valence-electron chi connectivity index (χ0n) is 15.6. The van der Waals surface area contributed by atoms with E-state index in [1.165, 1.54) is 4.31 Å². The van der Waals surface area contributed by atoms with Gasteiger partial charge in [0.25, 0.3) is 0 Å². The molecule has 9 heteroatoms. The number of amides is 1. The molecular formula is C18H26N2O5S2. The number of hydrogen-bond donors (Lipinski definition) is 1. The first-order valence-corrected chi connectivity index (χ1v) is 12.4. The third-order valence-electron chi connectivity index (χ3n) is 5.41. The second-order valence-electron chi connectivity index (χ2n) is 7.88. The molecule has 3 rings (SSSR count). The summed E-state index contributed by atoms with van der Waals surface area (Å²) in [6, 6.07) is 6.74. The number of nitrogens with zero attached hydrogens (tertiary/aromatic N) is 1. The predicted molar refractivity (Wildman–Crippen MR) is 102 cm³/mol. The van der Waals surface area contributed by atoms with E-state index in [0.717, 1.165) is 5.56 Å². The van der Waals surface area contributed by atoms with Gasteiger partial charge in [-0.05, 0) is 45.2 Å². The van der Waals surface area contributed by atoms with Gasteiger partial charge in [0.15, 0.2) is 9.84 Å². The molecule has 2 heterocycles. The normalized spacial score (nSPS) is 26.7. The maximum atomic E-state index is 12.7. The van der Waals surface area contributed by atoms with Crippen molar-refractivity contribution < 1.29 is 21.6 Å².